The molecule has 0 spiro atoms. The van der Waals surface area contributed by atoms with Crippen molar-refractivity contribution in [1.29, 1.82) is 0 Å². The van der Waals surface area contributed by atoms with Crippen LogP contribution in [-0.4, -0.2) is 18.1 Å². The van der Waals surface area contributed by atoms with Crippen LogP contribution in [0, 0.1) is 0 Å². The molecule has 0 aliphatic rings. The quantitative estimate of drug-likeness (QED) is 0.847. The number of carbonyl (C=O) groups excluding carboxylic acids is 1. The van der Waals surface area contributed by atoms with Gasteiger partial charge in [0.25, 0.3) is 0 Å². The van der Waals surface area contributed by atoms with Crippen molar-refractivity contribution >= 4 is 28.0 Å². The van der Waals surface area contributed by atoms with Crippen molar-refractivity contribution in [1.82, 2.24) is 4.98 Å². The van der Waals surface area contributed by atoms with Gasteiger partial charge in [0.15, 0.2) is 0 Å². The predicted molar refractivity (Wildman–Crippen MR) is 59.5 cm³/mol. The summed E-state index contributed by atoms with van der Waals surface area (Å²) in [6.45, 7) is 1.99. The molecule has 1 heterocycles. The number of rotatable bonds is 3. The molecule has 0 aliphatic heterocycles. The number of aryl methyl sites for hydroxylation is 1. The lowest BCUT2D eigenvalue weighted by Crippen LogP contribution is -2.02. The third-order valence-electron chi connectivity index (χ3n) is 1.92. The van der Waals surface area contributed by atoms with E-state index in [2.05, 4.69) is 25.7 Å². The Hall–Kier alpha value is -1.03. The normalized spacial score (nSPS) is 10.8. The summed E-state index contributed by atoms with van der Waals surface area (Å²) in [5.74, 6) is -0.299. The molecule has 4 heteroatoms. The largest absolute Gasteiger partial charge is 0.465 e. The van der Waals surface area contributed by atoms with E-state index in [9.17, 15) is 4.79 Å². The molecule has 0 saturated carbocycles. The lowest BCUT2D eigenvalue weighted by atomic mass is 10.2. The van der Waals surface area contributed by atoms with Crippen molar-refractivity contribution in [2.24, 2.45) is 0 Å². The summed E-state index contributed by atoms with van der Waals surface area (Å²) < 4.78 is 4.68. The molecule has 0 aliphatic carbocycles. The van der Waals surface area contributed by atoms with Gasteiger partial charge in [-0.1, -0.05) is 22.9 Å². The van der Waals surface area contributed by atoms with Gasteiger partial charge >= 0.3 is 5.97 Å². The Kier molecular flexibility index (Phi) is 3.95. The van der Waals surface area contributed by atoms with Crippen LogP contribution in [0.1, 0.15) is 28.7 Å². The number of aromatic nitrogens is 1. The van der Waals surface area contributed by atoms with Crippen LogP contribution < -0.4 is 0 Å². The van der Waals surface area contributed by atoms with Crippen LogP contribution in [0.25, 0.3) is 6.08 Å². The third-order valence-corrected chi connectivity index (χ3v) is 2.19. The molecule has 0 fully saturated rings. The number of halogens is 1. The first-order chi connectivity index (χ1) is 6.72. The summed E-state index contributed by atoms with van der Waals surface area (Å²) in [6, 6.07) is 1.78. The molecule has 1 aromatic heterocycles. The molecule has 0 unspecified atom stereocenters. The average molecular weight is 258 g/mol. The first-order valence-electron chi connectivity index (χ1n) is 4.29. The third kappa shape index (κ3) is 2.26. The van der Waals surface area contributed by atoms with E-state index in [-0.39, 0.29) is 5.97 Å². The van der Waals surface area contributed by atoms with Crippen molar-refractivity contribution in [3.63, 3.8) is 0 Å². The van der Waals surface area contributed by atoms with Gasteiger partial charge in [0.2, 0.25) is 0 Å². The van der Waals surface area contributed by atoms with Crippen molar-refractivity contribution < 1.29 is 9.53 Å². The van der Waals surface area contributed by atoms with Crippen molar-refractivity contribution in [3.8, 4) is 0 Å². The van der Waals surface area contributed by atoms with E-state index >= 15 is 0 Å². The van der Waals surface area contributed by atoms with Gasteiger partial charge in [0, 0.05) is 11.4 Å². The van der Waals surface area contributed by atoms with Gasteiger partial charge in [0.05, 0.1) is 12.7 Å². The number of ether oxygens (including phenoxy) is 1. The van der Waals surface area contributed by atoms with E-state index in [0.29, 0.717) is 5.56 Å². The van der Waals surface area contributed by atoms with Gasteiger partial charge in [-0.3, -0.25) is 0 Å². The van der Waals surface area contributed by atoms with Crippen molar-refractivity contribution in [2.45, 2.75) is 13.3 Å². The Labute approximate surface area is 91.3 Å². The van der Waals surface area contributed by atoms with Crippen LogP contribution in [0.15, 0.2) is 11.1 Å². The number of hydrogen-bond donors (Lipinski definition) is 1. The number of hydrogen-bond acceptors (Lipinski definition) is 2. The van der Waals surface area contributed by atoms with Gasteiger partial charge in [-0.2, -0.15) is 0 Å². The zero-order chi connectivity index (χ0) is 10.6. The minimum atomic E-state index is -0.299. The van der Waals surface area contributed by atoms with Gasteiger partial charge in [-0.05, 0) is 23.5 Å². The van der Waals surface area contributed by atoms with E-state index < -0.39 is 0 Å². The maximum Gasteiger partial charge on any atom is 0.339 e. The van der Waals surface area contributed by atoms with Crippen LogP contribution in [0.3, 0.4) is 0 Å². The van der Waals surface area contributed by atoms with Crippen LogP contribution in [0.4, 0.5) is 0 Å². The number of esters is 1. The lowest BCUT2D eigenvalue weighted by Gasteiger charge is -1.97. The van der Waals surface area contributed by atoms with Crippen LogP contribution in [0.2, 0.25) is 0 Å². The van der Waals surface area contributed by atoms with E-state index in [4.69, 9.17) is 0 Å². The standard InChI is InChI=1S/C10H12BrNO2/c1-3-9-8(10(13)14-2)6-7(12-9)4-5-11/h4-6,12H,3H2,1-2H3/b5-4+. The summed E-state index contributed by atoms with van der Waals surface area (Å²) in [5, 5.41) is 0. The first kappa shape index (κ1) is 11.0. The maximum absolute atomic E-state index is 11.3. The Morgan fingerprint density at radius 1 is 1.71 bits per heavy atom. The van der Waals surface area contributed by atoms with E-state index in [1.165, 1.54) is 7.11 Å². The molecule has 1 rings (SSSR count). The first-order valence-corrected chi connectivity index (χ1v) is 5.21. The topological polar surface area (TPSA) is 42.1 Å². The Morgan fingerprint density at radius 3 is 2.93 bits per heavy atom. The number of methoxy groups -OCH3 is 1. The Balaban J connectivity index is 3.08. The Morgan fingerprint density at radius 2 is 2.43 bits per heavy atom. The fraction of sp³-hybridized carbons (Fsp3) is 0.300. The molecule has 0 aromatic carbocycles. The molecular formula is C10H12BrNO2. The summed E-state index contributed by atoms with van der Waals surface area (Å²) in [7, 11) is 1.38. The molecule has 1 N–H and O–H groups in total. The maximum atomic E-state index is 11.3. The summed E-state index contributed by atoms with van der Waals surface area (Å²) in [6.07, 6.45) is 2.62. The van der Waals surface area contributed by atoms with Crippen molar-refractivity contribution in [3.05, 3.63) is 28.0 Å². The molecular weight excluding hydrogens is 246 g/mol. The highest BCUT2D eigenvalue weighted by atomic mass is 79.9. The van der Waals surface area contributed by atoms with Crippen LogP contribution >= 0.6 is 15.9 Å². The second-order valence-corrected chi connectivity index (χ2v) is 3.28. The zero-order valence-corrected chi connectivity index (χ0v) is 9.72. The number of H-pyrrole nitrogens is 1. The average Bonchev–Trinajstić information content (AvgIpc) is 2.60. The molecule has 0 saturated heterocycles. The number of aromatic amines is 1. The van der Waals surface area contributed by atoms with E-state index in [1.807, 2.05) is 13.0 Å². The molecule has 0 atom stereocenters. The minimum Gasteiger partial charge on any atom is -0.465 e. The lowest BCUT2D eigenvalue weighted by molar-refractivity contribution is 0.0599. The predicted octanol–water partition coefficient (Wildman–Crippen LogP) is 2.73. The fourth-order valence-electron chi connectivity index (χ4n) is 1.25. The highest BCUT2D eigenvalue weighted by molar-refractivity contribution is 9.11. The smallest absolute Gasteiger partial charge is 0.339 e. The minimum absolute atomic E-state index is 0.299. The summed E-state index contributed by atoms with van der Waals surface area (Å²) >= 11 is 3.18. The molecule has 3 nitrogen and oxygen atoms in total. The van der Waals surface area contributed by atoms with Crippen LogP contribution in [-0.2, 0) is 11.2 Å². The van der Waals surface area contributed by atoms with Crippen molar-refractivity contribution in [2.75, 3.05) is 7.11 Å². The fourth-order valence-corrected chi connectivity index (χ4v) is 1.53. The van der Waals surface area contributed by atoms with E-state index in [1.54, 1.807) is 11.1 Å². The molecule has 14 heavy (non-hydrogen) atoms. The number of nitrogens with one attached hydrogen (secondary N) is 1. The molecule has 0 amide bonds. The van der Waals surface area contributed by atoms with E-state index in [0.717, 1.165) is 17.8 Å². The second kappa shape index (κ2) is 5.00. The van der Waals surface area contributed by atoms with Gasteiger partial charge in [0.1, 0.15) is 0 Å². The van der Waals surface area contributed by atoms with Gasteiger partial charge in [-0.15, -0.1) is 0 Å². The second-order valence-electron chi connectivity index (χ2n) is 2.75. The highest BCUT2D eigenvalue weighted by Gasteiger charge is 2.13. The molecule has 76 valence electrons. The zero-order valence-electron chi connectivity index (χ0n) is 8.13. The highest BCUT2D eigenvalue weighted by Crippen LogP contribution is 2.14. The summed E-state index contributed by atoms with van der Waals surface area (Å²) in [4.78, 5) is 16.2. The SMILES string of the molecule is CCc1[nH]c(/C=C/Br)cc1C(=O)OC. The molecule has 1 aromatic rings. The number of carbonyl (C=O) groups is 1. The summed E-state index contributed by atoms with van der Waals surface area (Å²) in [5.41, 5.74) is 2.40. The van der Waals surface area contributed by atoms with Gasteiger partial charge in [-0.25, -0.2) is 4.79 Å². The van der Waals surface area contributed by atoms with Crippen LogP contribution in [0.5, 0.6) is 0 Å². The molecule has 0 bridgehead atoms. The molecule has 0 radical (unpaired) electrons. The Bertz CT molecular complexity index is 355. The van der Waals surface area contributed by atoms with Gasteiger partial charge < -0.3 is 9.72 Å². The monoisotopic (exact) mass is 257 g/mol.